The van der Waals surface area contributed by atoms with Crippen LogP contribution in [0.3, 0.4) is 0 Å². The highest BCUT2D eigenvalue weighted by Crippen LogP contribution is 2.40. The molecule has 0 aliphatic heterocycles. The Morgan fingerprint density at radius 2 is 1.75 bits per heavy atom. The number of ether oxygens (including phenoxy) is 1. The summed E-state index contributed by atoms with van der Waals surface area (Å²) in [4.78, 5) is 22.1. The third kappa shape index (κ3) is 3.38. The monoisotopic (exact) mass is 276 g/mol. The summed E-state index contributed by atoms with van der Waals surface area (Å²) in [7, 11) is 0. The van der Waals surface area contributed by atoms with E-state index in [0.29, 0.717) is 0 Å². The third-order valence-electron chi connectivity index (χ3n) is 3.84. The van der Waals surface area contributed by atoms with Crippen molar-refractivity contribution < 1.29 is 19.4 Å². The standard InChI is InChI=1S/C16H20O4/c1-12(17)20-16(9-3-2-4-10-16)14-7-5-13(6-8-14)11-15(18)19/h5-8H,2-4,9-11H2,1H3,(H,18,19). The zero-order valence-corrected chi connectivity index (χ0v) is 11.7. The molecule has 108 valence electrons. The molecule has 0 amide bonds. The Morgan fingerprint density at radius 3 is 2.25 bits per heavy atom. The van der Waals surface area contributed by atoms with Crippen LogP contribution in [0.5, 0.6) is 0 Å². The molecule has 4 nitrogen and oxygen atoms in total. The summed E-state index contributed by atoms with van der Waals surface area (Å²) in [6, 6.07) is 7.41. The zero-order valence-electron chi connectivity index (χ0n) is 11.7. The predicted octanol–water partition coefficient (Wildman–Crippen LogP) is 3.04. The van der Waals surface area contributed by atoms with Crippen molar-refractivity contribution in [2.45, 2.75) is 51.0 Å². The van der Waals surface area contributed by atoms with Gasteiger partial charge in [-0.15, -0.1) is 0 Å². The molecule has 1 aromatic carbocycles. The average Bonchev–Trinajstić information content (AvgIpc) is 2.39. The van der Waals surface area contributed by atoms with Gasteiger partial charge in [0.2, 0.25) is 0 Å². The Balaban J connectivity index is 2.24. The van der Waals surface area contributed by atoms with Crippen molar-refractivity contribution in [3.63, 3.8) is 0 Å². The highest BCUT2D eigenvalue weighted by molar-refractivity contribution is 5.70. The Morgan fingerprint density at radius 1 is 1.15 bits per heavy atom. The van der Waals surface area contributed by atoms with Crippen LogP contribution >= 0.6 is 0 Å². The van der Waals surface area contributed by atoms with Gasteiger partial charge < -0.3 is 9.84 Å². The van der Waals surface area contributed by atoms with Crippen molar-refractivity contribution in [2.24, 2.45) is 0 Å². The maximum Gasteiger partial charge on any atom is 0.307 e. The molecule has 0 heterocycles. The molecular formula is C16H20O4. The SMILES string of the molecule is CC(=O)OC1(c2ccc(CC(=O)O)cc2)CCCCC1. The van der Waals surface area contributed by atoms with Crippen LogP contribution in [-0.4, -0.2) is 17.0 Å². The van der Waals surface area contributed by atoms with E-state index in [1.807, 2.05) is 24.3 Å². The largest absolute Gasteiger partial charge is 0.481 e. The molecule has 20 heavy (non-hydrogen) atoms. The maximum atomic E-state index is 11.4. The van der Waals surface area contributed by atoms with Crippen LogP contribution in [0.4, 0.5) is 0 Å². The van der Waals surface area contributed by atoms with Gasteiger partial charge in [0.15, 0.2) is 0 Å². The smallest absolute Gasteiger partial charge is 0.307 e. The Labute approximate surface area is 118 Å². The second-order valence-corrected chi connectivity index (χ2v) is 5.42. The van der Waals surface area contributed by atoms with Gasteiger partial charge in [-0.2, -0.15) is 0 Å². The number of aliphatic carboxylic acids is 1. The van der Waals surface area contributed by atoms with E-state index in [2.05, 4.69) is 0 Å². The molecule has 0 spiro atoms. The molecule has 1 saturated carbocycles. The number of carbonyl (C=O) groups is 2. The van der Waals surface area contributed by atoms with Crippen molar-refractivity contribution >= 4 is 11.9 Å². The molecule has 1 N–H and O–H groups in total. The molecule has 0 unspecified atom stereocenters. The van der Waals surface area contributed by atoms with Gasteiger partial charge in [0.1, 0.15) is 5.60 Å². The first-order valence-electron chi connectivity index (χ1n) is 7.03. The number of hydrogen-bond donors (Lipinski definition) is 1. The Bertz CT molecular complexity index is 484. The van der Waals surface area contributed by atoms with E-state index in [4.69, 9.17) is 9.84 Å². The van der Waals surface area contributed by atoms with Gasteiger partial charge in [0, 0.05) is 6.92 Å². The van der Waals surface area contributed by atoms with Crippen molar-refractivity contribution in [3.8, 4) is 0 Å². The first-order chi connectivity index (χ1) is 9.52. The molecule has 1 aliphatic rings. The van der Waals surface area contributed by atoms with Crippen LogP contribution in [0, 0.1) is 0 Å². The van der Waals surface area contributed by atoms with E-state index in [1.54, 1.807) is 0 Å². The van der Waals surface area contributed by atoms with Gasteiger partial charge >= 0.3 is 11.9 Å². The molecule has 1 aliphatic carbocycles. The lowest BCUT2D eigenvalue weighted by molar-refractivity contribution is -0.162. The molecule has 0 atom stereocenters. The summed E-state index contributed by atoms with van der Waals surface area (Å²) in [6.45, 7) is 1.44. The van der Waals surface area contributed by atoms with Crippen LogP contribution < -0.4 is 0 Å². The molecule has 0 radical (unpaired) electrons. The summed E-state index contributed by atoms with van der Waals surface area (Å²) in [5.41, 5.74) is 1.21. The first kappa shape index (κ1) is 14.6. The molecule has 2 rings (SSSR count). The summed E-state index contributed by atoms with van der Waals surface area (Å²) < 4.78 is 5.63. The number of benzene rings is 1. The Kier molecular flexibility index (Phi) is 4.42. The van der Waals surface area contributed by atoms with E-state index in [-0.39, 0.29) is 12.4 Å². The van der Waals surface area contributed by atoms with E-state index >= 15 is 0 Å². The quantitative estimate of drug-likeness (QED) is 0.858. The van der Waals surface area contributed by atoms with E-state index in [1.165, 1.54) is 13.3 Å². The van der Waals surface area contributed by atoms with Crippen molar-refractivity contribution in [1.29, 1.82) is 0 Å². The number of hydrogen-bond acceptors (Lipinski definition) is 3. The molecule has 1 aromatic rings. The number of carboxylic acids is 1. The predicted molar refractivity (Wildman–Crippen MR) is 74.3 cm³/mol. The fraction of sp³-hybridized carbons (Fsp3) is 0.500. The maximum absolute atomic E-state index is 11.4. The number of esters is 1. The van der Waals surface area contributed by atoms with Gasteiger partial charge in [-0.3, -0.25) is 9.59 Å². The average molecular weight is 276 g/mol. The lowest BCUT2D eigenvalue weighted by Crippen LogP contribution is -2.34. The molecule has 0 bridgehead atoms. The lowest BCUT2D eigenvalue weighted by atomic mass is 9.79. The minimum Gasteiger partial charge on any atom is -0.481 e. The molecular weight excluding hydrogens is 256 g/mol. The van der Waals surface area contributed by atoms with Crippen molar-refractivity contribution in [2.75, 3.05) is 0 Å². The normalized spacial score (nSPS) is 17.4. The number of carboxylic acid groups (broad SMARTS) is 1. The van der Waals surface area contributed by atoms with Crippen LogP contribution in [-0.2, 0) is 26.3 Å². The van der Waals surface area contributed by atoms with Crippen molar-refractivity contribution in [3.05, 3.63) is 35.4 Å². The van der Waals surface area contributed by atoms with Crippen LogP contribution in [0.1, 0.15) is 50.2 Å². The van der Waals surface area contributed by atoms with Crippen LogP contribution in [0.2, 0.25) is 0 Å². The number of carbonyl (C=O) groups excluding carboxylic acids is 1. The fourth-order valence-electron chi connectivity index (χ4n) is 2.95. The minimum atomic E-state index is -0.842. The lowest BCUT2D eigenvalue weighted by Gasteiger charge is -2.37. The van der Waals surface area contributed by atoms with Gasteiger partial charge in [0.05, 0.1) is 6.42 Å². The van der Waals surface area contributed by atoms with Gasteiger partial charge in [-0.1, -0.05) is 30.7 Å². The highest BCUT2D eigenvalue weighted by Gasteiger charge is 2.36. The fourth-order valence-corrected chi connectivity index (χ4v) is 2.95. The van der Waals surface area contributed by atoms with E-state index < -0.39 is 11.6 Å². The summed E-state index contributed by atoms with van der Waals surface area (Å²) in [5, 5.41) is 8.79. The summed E-state index contributed by atoms with van der Waals surface area (Å²) >= 11 is 0. The zero-order chi connectivity index (χ0) is 14.6. The minimum absolute atomic E-state index is 0.0147. The second-order valence-electron chi connectivity index (χ2n) is 5.42. The number of rotatable bonds is 4. The Hall–Kier alpha value is -1.84. The topological polar surface area (TPSA) is 63.6 Å². The molecule has 0 aromatic heterocycles. The second kappa shape index (κ2) is 6.07. The van der Waals surface area contributed by atoms with E-state index in [9.17, 15) is 9.59 Å². The van der Waals surface area contributed by atoms with Crippen molar-refractivity contribution in [1.82, 2.24) is 0 Å². The van der Waals surface area contributed by atoms with Crippen LogP contribution in [0.25, 0.3) is 0 Å². The molecule has 4 heteroatoms. The summed E-state index contributed by atoms with van der Waals surface area (Å²) in [6.07, 6.45) is 4.95. The van der Waals surface area contributed by atoms with E-state index in [0.717, 1.165) is 36.8 Å². The van der Waals surface area contributed by atoms with Gasteiger partial charge in [0.25, 0.3) is 0 Å². The molecule has 1 fully saturated rings. The first-order valence-corrected chi connectivity index (χ1v) is 7.03. The van der Waals surface area contributed by atoms with Crippen LogP contribution in [0.15, 0.2) is 24.3 Å². The van der Waals surface area contributed by atoms with Gasteiger partial charge in [-0.25, -0.2) is 0 Å². The van der Waals surface area contributed by atoms with Gasteiger partial charge in [-0.05, 0) is 36.8 Å². The molecule has 0 saturated heterocycles. The summed E-state index contributed by atoms with van der Waals surface area (Å²) in [5.74, 6) is -1.10. The third-order valence-corrected chi connectivity index (χ3v) is 3.84. The highest BCUT2D eigenvalue weighted by atomic mass is 16.6.